The summed E-state index contributed by atoms with van der Waals surface area (Å²) in [6, 6.07) is 37.5. The molecule has 0 unspecified atom stereocenters. The Balaban J connectivity index is 1.76. The van der Waals surface area contributed by atoms with Gasteiger partial charge in [0.1, 0.15) is 5.75 Å². The van der Waals surface area contributed by atoms with E-state index in [1.165, 1.54) is 0 Å². The molecule has 4 rings (SSSR count). The topological polar surface area (TPSA) is 38.3 Å². The molecule has 0 aliphatic carbocycles. The first kappa shape index (κ1) is 21.4. The van der Waals surface area contributed by atoms with E-state index in [4.69, 9.17) is 4.74 Å². The smallest absolute Gasteiger partial charge is 0.235 e. The Hall–Kier alpha value is -3.85. The van der Waals surface area contributed by atoms with Crippen LogP contribution in [-0.2, 0) is 10.2 Å². The minimum atomic E-state index is -0.845. The average molecular weight is 422 g/mol. The van der Waals surface area contributed by atoms with Gasteiger partial charge in [0.25, 0.3) is 0 Å². The molecule has 0 aromatic heterocycles. The summed E-state index contributed by atoms with van der Waals surface area (Å²) in [5.41, 5.74) is 3.07. The fourth-order valence-corrected chi connectivity index (χ4v) is 4.05. The molecule has 0 aliphatic rings. The van der Waals surface area contributed by atoms with Crippen LogP contribution in [0.25, 0.3) is 0 Å². The van der Waals surface area contributed by atoms with E-state index < -0.39 is 5.41 Å². The van der Waals surface area contributed by atoms with Crippen LogP contribution in [0.4, 0.5) is 0 Å². The molecule has 4 aromatic rings. The normalized spacial score (nSPS) is 12.1. The lowest BCUT2D eigenvalue weighted by Crippen LogP contribution is -2.44. The molecule has 160 valence electrons. The largest absolute Gasteiger partial charge is 0.497 e. The monoisotopic (exact) mass is 421 g/mol. The molecule has 32 heavy (non-hydrogen) atoms. The van der Waals surface area contributed by atoms with Crippen molar-refractivity contribution in [3.63, 3.8) is 0 Å². The molecule has 3 nitrogen and oxygen atoms in total. The molecule has 4 aromatic carbocycles. The summed E-state index contributed by atoms with van der Waals surface area (Å²) in [4.78, 5) is 14.0. The number of hydrogen-bond acceptors (Lipinski definition) is 2. The summed E-state index contributed by atoms with van der Waals surface area (Å²) < 4.78 is 5.32. The quantitative estimate of drug-likeness (QED) is 0.403. The van der Waals surface area contributed by atoms with E-state index in [1.807, 2.05) is 122 Å². The van der Waals surface area contributed by atoms with E-state index in [-0.39, 0.29) is 11.9 Å². The zero-order chi connectivity index (χ0) is 22.4. The van der Waals surface area contributed by atoms with Crippen LogP contribution in [0.3, 0.4) is 0 Å². The van der Waals surface area contributed by atoms with E-state index in [0.29, 0.717) is 0 Å². The van der Waals surface area contributed by atoms with Crippen molar-refractivity contribution in [2.75, 3.05) is 7.11 Å². The maximum Gasteiger partial charge on any atom is 0.235 e. The van der Waals surface area contributed by atoms with Gasteiger partial charge in [-0.05, 0) is 41.3 Å². The fraction of sp³-hybridized carbons (Fsp3) is 0.138. The van der Waals surface area contributed by atoms with Crippen LogP contribution in [0.1, 0.15) is 35.2 Å². The van der Waals surface area contributed by atoms with Gasteiger partial charge in [0, 0.05) is 0 Å². The van der Waals surface area contributed by atoms with Gasteiger partial charge in [-0.3, -0.25) is 4.79 Å². The minimum Gasteiger partial charge on any atom is -0.497 e. The van der Waals surface area contributed by atoms with Crippen LogP contribution in [0.5, 0.6) is 5.75 Å². The first-order valence-corrected chi connectivity index (χ1v) is 10.7. The second kappa shape index (κ2) is 9.52. The van der Waals surface area contributed by atoms with Crippen LogP contribution in [0, 0.1) is 0 Å². The molecule has 0 spiro atoms. The molecule has 0 saturated carbocycles. The Bertz CT molecular complexity index is 1100. The lowest BCUT2D eigenvalue weighted by molar-refractivity contribution is -0.125. The highest BCUT2D eigenvalue weighted by Gasteiger charge is 2.38. The third kappa shape index (κ3) is 4.28. The molecule has 1 amide bonds. The van der Waals surface area contributed by atoms with E-state index in [9.17, 15) is 4.79 Å². The second-order valence-electron chi connectivity index (χ2n) is 7.95. The van der Waals surface area contributed by atoms with Gasteiger partial charge < -0.3 is 10.1 Å². The number of benzene rings is 4. The Morgan fingerprint density at radius 1 is 0.688 bits per heavy atom. The van der Waals surface area contributed by atoms with Crippen LogP contribution < -0.4 is 10.1 Å². The van der Waals surface area contributed by atoms with E-state index in [0.717, 1.165) is 28.0 Å². The van der Waals surface area contributed by atoms with Gasteiger partial charge in [0.15, 0.2) is 0 Å². The zero-order valence-corrected chi connectivity index (χ0v) is 18.4. The number of ether oxygens (including phenoxy) is 1. The first-order chi connectivity index (χ1) is 15.6. The Labute approximate surface area is 189 Å². The van der Waals surface area contributed by atoms with Gasteiger partial charge in [-0.15, -0.1) is 0 Å². The summed E-state index contributed by atoms with van der Waals surface area (Å²) in [6.07, 6.45) is 0. The molecule has 0 saturated heterocycles. The molecule has 0 radical (unpaired) electrons. The number of nitrogens with one attached hydrogen (secondary N) is 1. The first-order valence-electron chi connectivity index (χ1n) is 10.7. The Morgan fingerprint density at radius 2 is 1.12 bits per heavy atom. The van der Waals surface area contributed by atoms with Crippen molar-refractivity contribution < 1.29 is 9.53 Å². The highest BCUT2D eigenvalue weighted by atomic mass is 16.5. The van der Waals surface area contributed by atoms with Crippen molar-refractivity contribution in [2.24, 2.45) is 0 Å². The van der Waals surface area contributed by atoms with Crippen LogP contribution >= 0.6 is 0 Å². The Kier molecular flexibility index (Phi) is 6.37. The molecule has 0 bridgehead atoms. The lowest BCUT2D eigenvalue weighted by atomic mass is 9.75. The van der Waals surface area contributed by atoms with Gasteiger partial charge in [-0.2, -0.15) is 0 Å². The number of hydrogen-bond donors (Lipinski definition) is 1. The van der Waals surface area contributed by atoms with Crippen molar-refractivity contribution >= 4 is 5.91 Å². The van der Waals surface area contributed by atoms with E-state index >= 15 is 0 Å². The Morgan fingerprint density at radius 3 is 1.59 bits per heavy atom. The molecule has 3 heteroatoms. The molecular formula is C29H27NO2. The summed E-state index contributed by atoms with van der Waals surface area (Å²) in [7, 11) is 1.65. The number of carbonyl (C=O) groups is 1. The SMILES string of the molecule is COc1ccc([C@@H](NC(=O)C(C)(c2ccccc2)c2ccccc2)c2ccccc2)cc1. The summed E-state index contributed by atoms with van der Waals surface area (Å²) >= 11 is 0. The highest BCUT2D eigenvalue weighted by molar-refractivity contribution is 5.92. The number of methoxy groups -OCH3 is 1. The predicted octanol–water partition coefficient (Wildman–Crippen LogP) is 5.91. The molecule has 1 atom stereocenters. The lowest BCUT2D eigenvalue weighted by Gasteiger charge is -2.32. The third-order valence-electron chi connectivity index (χ3n) is 6.01. The van der Waals surface area contributed by atoms with Crippen LogP contribution in [-0.4, -0.2) is 13.0 Å². The van der Waals surface area contributed by atoms with Crippen LogP contribution in [0.15, 0.2) is 115 Å². The van der Waals surface area contributed by atoms with Gasteiger partial charge in [0.05, 0.1) is 18.6 Å². The highest BCUT2D eigenvalue weighted by Crippen LogP contribution is 2.34. The van der Waals surface area contributed by atoms with Crippen molar-refractivity contribution in [1.82, 2.24) is 5.32 Å². The molecular weight excluding hydrogens is 394 g/mol. The number of rotatable bonds is 7. The van der Waals surface area contributed by atoms with Crippen molar-refractivity contribution in [1.29, 1.82) is 0 Å². The van der Waals surface area contributed by atoms with E-state index in [2.05, 4.69) is 5.32 Å². The van der Waals surface area contributed by atoms with Crippen LogP contribution in [0.2, 0.25) is 0 Å². The van der Waals surface area contributed by atoms with Crippen molar-refractivity contribution in [3.8, 4) is 5.75 Å². The van der Waals surface area contributed by atoms with Gasteiger partial charge >= 0.3 is 0 Å². The maximum atomic E-state index is 14.0. The molecule has 0 fully saturated rings. The van der Waals surface area contributed by atoms with E-state index in [1.54, 1.807) is 7.11 Å². The minimum absolute atomic E-state index is 0.0560. The molecule has 1 N–H and O–H groups in total. The predicted molar refractivity (Wildman–Crippen MR) is 129 cm³/mol. The van der Waals surface area contributed by atoms with Gasteiger partial charge in [-0.25, -0.2) is 0 Å². The summed E-state index contributed by atoms with van der Waals surface area (Å²) in [5.74, 6) is 0.727. The summed E-state index contributed by atoms with van der Waals surface area (Å²) in [5, 5.41) is 3.34. The maximum absolute atomic E-state index is 14.0. The second-order valence-corrected chi connectivity index (χ2v) is 7.95. The zero-order valence-electron chi connectivity index (χ0n) is 18.4. The van der Waals surface area contributed by atoms with Gasteiger partial charge in [-0.1, -0.05) is 103 Å². The molecule has 0 aliphatic heterocycles. The van der Waals surface area contributed by atoms with Gasteiger partial charge in [0.2, 0.25) is 5.91 Å². The standard InChI is InChI=1S/C29H27NO2/c1-29(24-14-8-4-9-15-24,25-16-10-5-11-17-25)28(31)30-27(22-12-6-3-7-13-22)23-18-20-26(32-2)21-19-23/h3-21,27H,1-2H3,(H,30,31)/t27-/m0/s1. The fourth-order valence-electron chi connectivity index (χ4n) is 4.05. The number of amides is 1. The van der Waals surface area contributed by atoms with Crippen molar-refractivity contribution in [2.45, 2.75) is 18.4 Å². The number of carbonyl (C=O) groups excluding carboxylic acids is 1. The van der Waals surface area contributed by atoms with Crippen molar-refractivity contribution in [3.05, 3.63) is 138 Å². The average Bonchev–Trinajstić information content (AvgIpc) is 2.88. The molecule has 0 heterocycles. The summed E-state index contributed by atoms with van der Waals surface area (Å²) in [6.45, 7) is 1.99. The third-order valence-corrected chi connectivity index (χ3v) is 6.01.